The van der Waals surface area contributed by atoms with E-state index in [0.29, 0.717) is 22.3 Å². The first kappa shape index (κ1) is 12.4. The number of aromatic nitrogens is 3. The summed E-state index contributed by atoms with van der Waals surface area (Å²) < 4.78 is 1.77. The third-order valence-corrected chi connectivity index (χ3v) is 3.28. The summed E-state index contributed by atoms with van der Waals surface area (Å²) in [6, 6.07) is 5.45. The lowest BCUT2D eigenvalue weighted by Gasteiger charge is -2.04. The van der Waals surface area contributed by atoms with Gasteiger partial charge >= 0.3 is 0 Å². The Bertz CT molecular complexity index is 540. The maximum atomic E-state index is 9.02. The summed E-state index contributed by atoms with van der Waals surface area (Å²) in [7, 11) is 1.82. The molecule has 0 atom stereocenters. The molecule has 0 fully saturated rings. The zero-order valence-corrected chi connectivity index (χ0v) is 10.7. The van der Waals surface area contributed by atoms with E-state index in [1.165, 1.54) is 0 Å². The highest BCUT2D eigenvalue weighted by Gasteiger charge is 2.09. The van der Waals surface area contributed by atoms with Gasteiger partial charge in [-0.15, -0.1) is 10.2 Å². The fourth-order valence-corrected chi connectivity index (χ4v) is 1.84. The van der Waals surface area contributed by atoms with Crippen LogP contribution in [-0.4, -0.2) is 19.9 Å². The number of aliphatic hydroxyl groups excluding tert-OH is 1. The second kappa shape index (κ2) is 5.04. The molecule has 1 aromatic heterocycles. The SMILES string of the molecule is Cn1c(CO)nnc1Cc1ccc(Cl)c(Cl)c1. The smallest absolute Gasteiger partial charge is 0.158 e. The van der Waals surface area contributed by atoms with Gasteiger partial charge in [0.25, 0.3) is 0 Å². The number of benzene rings is 1. The van der Waals surface area contributed by atoms with Crippen molar-refractivity contribution in [2.75, 3.05) is 0 Å². The molecule has 90 valence electrons. The van der Waals surface area contributed by atoms with Crippen LogP contribution in [0.3, 0.4) is 0 Å². The molecule has 1 aromatic carbocycles. The monoisotopic (exact) mass is 271 g/mol. The molecule has 0 saturated carbocycles. The van der Waals surface area contributed by atoms with Crippen molar-refractivity contribution >= 4 is 23.2 Å². The number of aliphatic hydroxyl groups is 1. The number of hydrogen-bond donors (Lipinski definition) is 1. The molecule has 0 radical (unpaired) electrons. The number of rotatable bonds is 3. The molecule has 2 rings (SSSR count). The highest BCUT2D eigenvalue weighted by atomic mass is 35.5. The van der Waals surface area contributed by atoms with Crippen molar-refractivity contribution in [3.05, 3.63) is 45.5 Å². The molecule has 0 bridgehead atoms. The molecule has 6 heteroatoms. The first-order chi connectivity index (χ1) is 8.11. The standard InChI is InChI=1S/C11H11Cl2N3O/c1-16-10(14-15-11(16)6-17)5-7-2-3-8(12)9(13)4-7/h2-4,17H,5-6H2,1H3. The Labute approximate surface area is 109 Å². The van der Waals surface area contributed by atoms with Crippen LogP contribution >= 0.6 is 23.2 Å². The van der Waals surface area contributed by atoms with Crippen LogP contribution < -0.4 is 0 Å². The molecule has 4 nitrogen and oxygen atoms in total. The van der Waals surface area contributed by atoms with Crippen LogP contribution in [0.4, 0.5) is 0 Å². The molecule has 0 unspecified atom stereocenters. The number of hydrogen-bond acceptors (Lipinski definition) is 3. The largest absolute Gasteiger partial charge is 0.388 e. The first-order valence-corrected chi connectivity index (χ1v) is 5.79. The van der Waals surface area contributed by atoms with Crippen molar-refractivity contribution in [3.8, 4) is 0 Å². The minimum absolute atomic E-state index is 0.120. The minimum Gasteiger partial charge on any atom is -0.388 e. The van der Waals surface area contributed by atoms with Gasteiger partial charge in [0.05, 0.1) is 10.0 Å². The molecule has 0 aliphatic heterocycles. The quantitative estimate of drug-likeness (QED) is 0.931. The van der Waals surface area contributed by atoms with Gasteiger partial charge in [-0.05, 0) is 17.7 Å². The van der Waals surface area contributed by atoms with E-state index in [2.05, 4.69) is 10.2 Å². The van der Waals surface area contributed by atoms with Crippen LogP contribution in [0.25, 0.3) is 0 Å². The van der Waals surface area contributed by atoms with Gasteiger partial charge < -0.3 is 9.67 Å². The molecular weight excluding hydrogens is 261 g/mol. The Morgan fingerprint density at radius 1 is 1.18 bits per heavy atom. The van der Waals surface area contributed by atoms with Crippen molar-refractivity contribution in [1.29, 1.82) is 0 Å². The van der Waals surface area contributed by atoms with Gasteiger partial charge in [-0.25, -0.2) is 0 Å². The molecule has 1 heterocycles. The predicted octanol–water partition coefficient (Wildman–Crippen LogP) is 2.21. The Hall–Kier alpha value is -1.10. The molecule has 17 heavy (non-hydrogen) atoms. The molecular formula is C11H11Cl2N3O. The van der Waals surface area contributed by atoms with Gasteiger partial charge in [-0.2, -0.15) is 0 Å². The number of nitrogens with zero attached hydrogens (tertiary/aromatic N) is 3. The Morgan fingerprint density at radius 3 is 2.47 bits per heavy atom. The van der Waals surface area contributed by atoms with Gasteiger partial charge in [0.2, 0.25) is 0 Å². The fraction of sp³-hybridized carbons (Fsp3) is 0.273. The summed E-state index contributed by atoms with van der Waals surface area (Å²) in [5.41, 5.74) is 0.999. The van der Waals surface area contributed by atoms with E-state index < -0.39 is 0 Å². The zero-order valence-electron chi connectivity index (χ0n) is 9.19. The van der Waals surface area contributed by atoms with E-state index in [-0.39, 0.29) is 6.61 Å². The fourth-order valence-electron chi connectivity index (χ4n) is 1.52. The van der Waals surface area contributed by atoms with Crippen molar-refractivity contribution in [2.45, 2.75) is 13.0 Å². The van der Waals surface area contributed by atoms with E-state index in [1.807, 2.05) is 13.1 Å². The zero-order chi connectivity index (χ0) is 12.4. The second-order valence-corrected chi connectivity index (χ2v) is 4.49. The van der Waals surface area contributed by atoms with Crippen LogP contribution in [0.2, 0.25) is 10.0 Å². The van der Waals surface area contributed by atoms with E-state index in [9.17, 15) is 0 Å². The Balaban J connectivity index is 2.25. The van der Waals surface area contributed by atoms with Crippen molar-refractivity contribution in [1.82, 2.24) is 14.8 Å². The van der Waals surface area contributed by atoms with Crippen LogP contribution in [0.1, 0.15) is 17.2 Å². The normalized spacial score (nSPS) is 10.8. The molecule has 2 aromatic rings. The number of halogens is 2. The molecule has 0 aliphatic rings. The van der Waals surface area contributed by atoms with Crippen LogP contribution in [0, 0.1) is 0 Å². The van der Waals surface area contributed by atoms with Crippen LogP contribution in [-0.2, 0) is 20.1 Å². The van der Waals surface area contributed by atoms with Crippen LogP contribution in [0.15, 0.2) is 18.2 Å². The summed E-state index contributed by atoms with van der Waals surface area (Å²) in [5, 5.41) is 18.0. The van der Waals surface area contributed by atoms with E-state index in [0.717, 1.165) is 11.4 Å². The lowest BCUT2D eigenvalue weighted by Crippen LogP contribution is -2.03. The molecule has 0 aliphatic carbocycles. The summed E-state index contributed by atoms with van der Waals surface area (Å²) in [4.78, 5) is 0. The molecule has 0 spiro atoms. The Morgan fingerprint density at radius 2 is 1.88 bits per heavy atom. The first-order valence-electron chi connectivity index (χ1n) is 5.03. The highest BCUT2D eigenvalue weighted by molar-refractivity contribution is 6.42. The van der Waals surface area contributed by atoms with E-state index >= 15 is 0 Å². The van der Waals surface area contributed by atoms with Gasteiger partial charge in [0.15, 0.2) is 5.82 Å². The highest BCUT2D eigenvalue weighted by Crippen LogP contribution is 2.23. The lowest BCUT2D eigenvalue weighted by atomic mass is 10.1. The second-order valence-electron chi connectivity index (χ2n) is 3.67. The average Bonchev–Trinajstić information content (AvgIpc) is 2.65. The summed E-state index contributed by atoms with van der Waals surface area (Å²) >= 11 is 11.8. The Kier molecular flexibility index (Phi) is 3.66. The summed E-state index contributed by atoms with van der Waals surface area (Å²) in [6.45, 7) is -0.120. The molecule has 0 amide bonds. The predicted molar refractivity (Wildman–Crippen MR) is 66.2 cm³/mol. The topological polar surface area (TPSA) is 50.9 Å². The maximum Gasteiger partial charge on any atom is 0.158 e. The molecule has 1 N–H and O–H groups in total. The average molecular weight is 272 g/mol. The van der Waals surface area contributed by atoms with Gasteiger partial charge in [-0.1, -0.05) is 29.3 Å². The third-order valence-electron chi connectivity index (χ3n) is 2.54. The van der Waals surface area contributed by atoms with Gasteiger partial charge in [0, 0.05) is 13.5 Å². The lowest BCUT2D eigenvalue weighted by molar-refractivity contribution is 0.266. The van der Waals surface area contributed by atoms with Crippen molar-refractivity contribution in [2.24, 2.45) is 7.05 Å². The van der Waals surface area contributed by atoms with Crippen molar-refractivity contribution < 1.29 is 5.11 Å². The van der Waals surface area contributed by atoms with E-state index in [4.69, 9.17) is 28.3 Å². The third kappa shape index (κ3) is 2.60. The maximum absolute atomic E-state index is 9.02. The summed E-state index contributed by atoms with van der Waals surface area (Å²) in [5.74, 6) is 1.31. The minimum atomic E-state index is -0.120. The van der Waals surface area contributed by atoms with Gasteiger partial charge in [0.1, 0.15) is 12.4 Å². The molecule has 0 saturated heterocycles. The van der Waals surface area contributed by atoms with Gasteiger partial charge in [-0.3, -0.25) is 0 Å². The summed E-state index contributed by atoms with van der Waals surface area (Å²) in [6.07, 6.45) is 0.598. The van der Waals surface area contributed by atoms with Crippen LogP contribution in [0.5, 0.6) is 0 Å². The van der Waals surface area contributed by atoms with Crippen molar-refractivity contribution in [3.63, 3.8) is 0 Å². The van der Waals surface area contributed by atoms with E-state index in [1.54, 1.807) is 16.7 Å².